The lowest BCUT2D eigenvalue weighted by Crippen LogP contribution is -2.25. The number of H-pyrrole nitrogens is 1. The highest BCUT2D eigenvalue weighted by atomic mass is 32.2. The second kappa shape index (κ2) is 5.17. The molecule has 3 rings (SSSR count). The minimum atomic E-state index is -0.802. The average molecular weight is 298 g/mol. The first-order valence-electron chi connectivity index (χ1n) is 6.09. The second-order valence-corrected chi connectivity index (χ2v) is 5.28. The van der Waals surface area contributed by atoms with Gasteiger partial charge in [-0.05, 0) is 6.26 Å². The van der Waals surface area contributed by atoms with E-state index in [1.807, 2.05) is 6.26 Å². The first-order chi connectivity index (χ1) is 9.63. The molecule has 20 heavy (non-hydrogen) atoms. The molecule has 0 amide bonds. The zero-order chi connectivity index (χ0) is 14.3. The van der Waals surface area contributed by atoms with Crippen molar-refractivity contribution in [2.24, 2.45) is 0 Å². The number of hydrogen-bond donors (Lipinski definition) is 3. The van der Waals surface area contributed by atoms with E-state index in [1.54, 1.807) is 6.20 Å². The lowest BCUT2D eigenvalue weighted by molar-refractivity contribution is -0.0441. The highest BCUT2D eigenvalue weighted by Crippen LogP contribution is 2.29. The van der Waals surface area contributed by atoms with Gasteiger partial charge in [0.15, 0.2) is 10.8 Å². The maximum absolute atomic E-state index is 12.0. The SMILES string of the molecule is CSc1ncc2[nH]c(=O)n([C@@H]3C[C@@H](O)[C@H](CO)O3)c2n1. The number of aliphatic hydroxyl groups excluding tert-OH is 2. The molecule has 3 heterocycles. The minimum absolute atomic E-state index is 0.233. The van der Waals surface area contributed by atoms with Crippen LogP contribution in [-0.2, 0) is 4.74 Å². The van der Waals surface area contributed by atoms with E-state index in [9.17, 15) is 9.90 Å². The third kappa shape index (κ3) is 2.12. The summed E-state index contributed by atoms with van der Waals surface area (Å²) in [6.45, 7) is -0.292. The third-order valence-corrected chi connectivity index (χ3v) is 3.85. The Bertz CT molecular complexity index is 685. The molecule has 0 unspecified atom stereocenters. The topological polar surface area (TPSA) is 113 Å². The molecule has 3 atom stereocenters. The monoisotopic (exact) mass is 298 g/mol. The predicted molar refractivity (Wildman–Crippen MR) is 71.5 cm³/mol. The van der Waals surface area contributed by atoms with Crippen molar-refractivity contribution >= 4 is 22.9 Å². The molecule has 8 nitrogen and oxygen atoms in total. The summed E-state index contributed by atoms with van der Waals surface area (Å²) < 4.78 is 6.86. The van der Waals surface area contributed by atoms with Crippen LogP contribution in [0.15, 0.2) is 16.1 Å². The summed E-state index contributed by atoms with van der Waals surface area (Å²) in [5, 5.41) is 19.4. The summed E-state index contributed by atoms with van der Waals surface area (Å²) in [4.78, 5) is 23.1. The first-order valence-corrected chi connectivity index (χ1v) is 7.32. The van der Waals surface area contributed by atoms with E-state index in [1.165, 1.54) is 16.3 Å². The number of rotatable bonds is 3. The molecule has 9 heteroatoms. The van der Waals surface area contributed by atoms with E-state index >= 15 is 0 Å². The standard InChI is InChI=1S/C11H14N4O4S/c1-20-10-12-3-5-9(14-10)15(11(18)13-5)8-2-6(17)7(4-16)19-8/h3,6-8,16-17H,2,4H2,1H3,(H,13,18)/t6-,7+,8+/m1/s1. The van der Waals surface area contributed by atoms with Crippen molar-refractivity contribution in [2.45, 2.75) is 30.0 Å². The highest BCUT2D eigenvalue weighted by molar-refractivity contribution is 7.98. The van der Waals surface area contributed by atoms with Crippen LogP contribution in [0.3, 0.4) is 0 Å². The number of aromatic amines is 1. The average Bonchev–Trinajstić information content (AvgIpc) is 2.96. The van der Waals surface area contributed by atoms with E-state index in [0.717, 1.165) is 0 Å². The Kier molecular flexibility index (Phi) is 3.50. The molecule has 0 aliphatic carbocycles. The maximum Gasteiger partial charge on any atom is 0.329 e. The summed E-state index contributed by atoms with van der Waals surface area (Å²) in [6.07, 6.45) is 1.49. The highest BCUT2D eigenvalue weighted by Gasteiger charge is 2.36. The Hall–Kier alpha value is -1.42. The molecule has 0 aromatic carbocycles. The van der Waals surface area contributed by atoms with Gasteiger partial charge in [0, 0.05) is 6.42 Å². The zero-order valence-electron chi connectivity index (χ0n) is 10.7. The normalized spacial score (nSPS) is 26.4. The number of thioether (sulfide) groups is 1. The largest absolute Gasteiger partial charge is 0.394 e. The summed E-state index contributed by atoms with van der Waals surface area (Å²) in [6, 6.07) is 0. The van der Waals surface area contributed by atoms with Crippen molar-refractivity contribution < 1.29 is 14.9 Å². The number of fused-ring (bicyclic) bond motifs is 1. The molecule has 0 saturated carbocycles. The molecular weight excluding hydrogens is 284 g/mol. The van der Waals surface area contributed by atoms with Crippen LogP contribution in [0.2, 0.25) is 0 Å². The quantitative estimate of drug-likeness (QED) is 0.516. The van der Waals surface area contributed by atoms with Crippen molar-refractivity contribution in [2.75, 3.05) is 12.9 Å². The van der Waals surface area contributed by atoms with Crippen LogP contribution >= 0.6 is 11.8 Å². The Morgan fingerprint density at radius 3 is 3.10 bits per heavy atom. The third-order valence-electron chi connectivity index (χ3n) is 3.29. The molecule has 0 radical (unpaired) electrons. The van der Waals surface area contributed by atoms with Crippen LogP contribution in [0.1, 0.15) is 12.6 Å². The predicted octanol–water partition coefficient (Wildman–Crippen LogP) is -0.518. The zero-order valence-corrected chi connectivity index (χ0v) is 11.5. The number of ether oxygens (including phenoxy) is 1. The van der Waals surface area contributed by atoms with Crippen molar-refractivity contribution in [3.05, 3.63) is 16.7 Å². The number of nitrogens with one attached hydrogen (secondary N) is 1. The Morgan fingerprint density at radius 2 is 2.45 bits per heavy atom. The molecular formula is C11H14N4O4S. The summed E-state index contributed by atoms with van der Waals surface area (Å²) >= 11 is 1.37. The lowest BCUT2D eigenvalue weighted by atomic mass is 10.2. The van der Waals surface area contributed by atoms with Crippen LogP contribution in [-0.4, -0.2) is 54.8 Å². The number of imidazole rings is 1. The molecule has 1 fully saturated rings. The molecule has 2 aromatic rings. The van der Waals surface area contributed by atoms with Gasteiger partial charge in [-0.25, -0.2) is 19.3 Å². The Morgan fingerprint density at radius 1 is 1.65 bits per heavy atom. The van der Waals surface area contributed by atoms with Crippen LogP contribution in [0, 0.1) is 0 Å². The molecule has 1 saturated heterocycles. The molecule has 0 bridgehead atoms. The minimum Gasteiger partial charge on any atom is -0.394 e. The first kappa shape index (κ1) is 13.6. The van der Waals surface area contributed by atoms with Gasteiger partial charge in [-0.1, -0.05) is 11.8 Å². The van der Waals surface area contributed by atoms with Gasteiger partial charge in [-0.15, -0.1) is 0 Å². The van der Waals surface area contributed by atoms with Gasteiger partial charge >= 0.3 is 5.69 Å². The van der Waals surface area contributed by atoms with Crippen LogP contribution in [0.4, 0.5) is 0 Å². The second-order valence-electron chi connectivity index (χ2n) is 4.51. The lowest BCUT2D eigenvalue weighted by Gasteiger charge is -2.12. The van der Waals surface area contributed by atoms with Crippen molar-refractivity contribution in [3.8, 4) is 0 Å². The fourth-order valence-electron chi connectivity index (χ4n) is 2.30. The molecule has 2 aromatic heterocycles. The van der Waals surface area contributed by atoms with Gasteiger partial charge < -0.3 is 19.9 Å². The van der Waals surface area contributed by atoms with Gasteiger partial charge in [0.1, 0.15) is 17.8 Å². The molecule has 3 N–H and O–H groups in total. The van der Waals surface area contributed by atoms with Crippen LogP contribution < -0.4 is 5.69 Å². The van der Waals surface area contributed by atoms with Gasteiger partial charge in [-0.3, -0.25) is 0 Å². The van der Waals surface area contributed by atoms with Crippen molar-refractivity contribution in [3.63, 3.8) is 0 Å². The molecule has 0 spiro atoms. The van der Waals surface area contributed by atoms with Crippen LogP contribution in [0.5, 0.6) is 0 Å². The van der Waals surface area contributed by atoms with Gasteiger partial charge in [0.2, 0.25) is 0 Å². The van der Waals surface area contributed by atoms with E-state index < -0.39 is 18.4 Å². The number of aliphatic hydroxyl groups is 2. The summed E-state index contributed by atoms with van der Waals surface area (Å²) in [5.41, 5.74) is 0.576. The summed E-state index contributed by atoms with van der Waals surface area (Å²) in [7, 11) is 0. The van der Waals surface area contributed by atoms with E-state index in [4.69, 9.17) is 9.84 Å². The Balaban J connectivity index is 2.07. The molecule has 1 aliphatic heterocycles. The fraction of sp³-hybridized carbons (Fsp3) is 0.545. The van der Waals surface area contributed by atoms with E-state index in [0.29, 0.717) is 16.3 Å². The van der Waals surface area contributed by atoms with E-state index in [2.05, 4.69) is 15.0 Å². The van der Waals surface area contributed by atoms with Crippen molar-refractivity contribution in [1.29, 1.82) is 0 Å². The Labute approximate surface area is 117 Å². The van der Waals surface area contributed by atoms with Gasteiger partial charge in [0.05, 0.1) is 18.9 Å². The van der Waals surface area contributed by atoms with Crippen molar-refractivity contribution in [1.82, 2.24) is 19.5 Å². The maximum atomic E-state index is 12.0. The smallest absolute Gasteiger partial charge is 0.329 e. The summed E-state index contributed by atoms with van der Waals surface area (Å²) in [5.74, 6) is 0. The van der Waals surface area contributed by atoms with Crippen LogP contribution in [0.25, 0.3) is 11.2 Å². The van der Waals surface area contributed by atoms with E-state index in [-0.39, 0.29) is 18.7 Å². The number of nitrogens with zero attached hydrogens (tertiary/aromatic N) is 3. The number of hydrogen-bond acceptors (Lipinski definition) is 7. The molecule has 1 aliphatic rings. The number of aromatic nitrogens is 4. The fourth-order valence-corrected chi connectivity index (χ4v) is 2.64. The molecule has 108 valence electrons. The van der Waals surface area contributed by atoms with Gasteiger partial charge in [0.25, 0.3) is 0 Å². The van der Waals surface area contributed by atoms with Gasteiger partial charge in [-0.2, -0.15) is 0 Å².